The van der Waals surface area contributed by atoms with Crippen LogP contribution in [0.3, 0.4) is 0 Å². The number of rotatable bonds is 3. The van der Waals surface area contributed by atoms with E-state index in [4.69, 9.17) is 0 Å². The molecule has 1 N–H and O–H groups in total. The molecule has 0 saturated carbocycles. The standard InChI is InChI=1S/C7H9IN2S/c1-2-9-7-4-3-6(11-8)5-10-7/h3-5H,2H2,1H3,(H,9,10). The van der Waals surface area contributed by atoms with Crippen LogP contribution in [-0.4, -0.2) is 11.5 Å². The average Bonchev–Trinajstić information content (AvgIpc) is 2.07. The van der Waals surface area contributed by atoms with E-state index >= 15 is 0 Å². The van der Waals surface area contributed by atoms with Crippen LogP contribution < -0.4 is 5.32 Å². The Balaban J connectivity index is 2.66. The van der Waals surface area contributed by atoms with Crippen molar-refractivity contribution in [2.45, 2.75) is 11.8 Å². The van der Waals surface area contributed by atoms with E-state index in [2.05, 4.69) is 44.5 Å². The highest BCUT2D eigenvalue weighted by molar-refractivity contribution is 14.2. The summed E-state index contributed by atoms with van der Waals surface area (Å²) in [6.45, 7) is 2.98. The smallest absolute Gasteiger partial charge is 0.125 e. The van der Waals surface area contributed by atoms with Gasteiger partial charge in [0.15, 0.2) is 0 Å². The van der Waals surface area contributed by atoms with Gasteiger partial charge in [0.25, 0.3) is 0 Å². The van der Waals surface area contributed by atoms with E-state index in [1.54, 1.807) is 8.93 Å². The SMILES string of the molecule is CCNc1ccc(SI)cn1. The van der Waals surface area contributed by atoms with Crippen molar-refractivity contribution in [1.29, 1.82) is 0 Å². The van der Waals surface area contributed by atoms with E-state index in [-0.39, 0.29) is 0 Å². The molecule has 0 spiro atoms. The Hall–Kier alpha value is 0.0300. The molecule has 60 valence electrons. The zero-order valence-corrected chi connectivity index (χ0v) is 9.15. The van der Waals surface area contributed by atoms with Crippen molar-refractivity contribution in [2.75, 3.05) is 11.9 Å². The maximum Gasteiger partial charge on any atom is 0.125 e. The van der Waals surface area contributed by atoms with Gasteiger partial charge in [-0.1, -0.05) is 8.93 Å². The van der Waals surface area contributed by atoms with Crippen molar-refractivity contribution >= 4 is 36.0 Å². The molecule has 0 aromatic carbocycles. The van der Waals surface area contributed by atoms with Gasteiger partial charge in [0.1, 0.15) is 5.82 Å². The molecule has 0 amide bonds. The fourth-order valence-corrected chi connectivity index (χ4v) is 1.71. The number of pyridine rings is 1. The topological polar surface area (TPSA) is 24.9 Å². The number of nitrogens with zero attached hydrogens (tertiary/aromatic N) is 1. The molecule has 0 radical (unpaired) electrons. The molecular formula is C7H9IN2S. The van der Waals surface area contributed by atoms with E-state index < -0.39 is 0 Å². The Morgan fingerprint density at radius 3 is 2.91 bits per heavy atom. The summed E-state index contributed by atoms with van der Waals surface area (Å²) in [7, 11) is 1.68. The molecule has 2 nitrogen and oxygen atoms in total. The predicted molar refractivity (Wildman–Crippen MR) is 58.3 cm³/mol. The minimum Gasteiger partial charge on any atom is -0.370 e. The van der Waals surface area contributed by atoms with Crippen LogP contribution in [0.2, 0.25) is 0 Å². The first-order valence-corrected chi connectivity index (χ1v) is 6.71. The first-order chi connectivity index (χ1) is 5.36. The number of halogens is 1. The van der Waals surface area contributed by atoms with Crippen LogP contribution in [0.25, 0.3) is 0 Å². The molecule has 0 aliphatic rings. The van der Waals surface area contributed by atoms with E-state index in [0.717, 1.165) is 12.4 Å². The summed E-state index contributed by atoms with van der Waals surface area (Å²) in [6, 6.07) is 4.05. The number of aromatic nitrogens is 1. The molecule has 0 atom stereocenters. The first kappa shape index (κ1) is 9.12. The first-order valence-electron chi connectivity index (χ1n) is 3.35. The van der Waals surface area contributed by atoms with Crippen molar-refractivity contribution in [3.05, 3.63) is 18.3 Å². The fourth-order valence-electron chi connectivity index (χ4n) is 0.712. The van der Waals surface area contributed by atoms with Gasteiger partial charge < -0.3 is 5.32 Å². The molecule has 1 heterocycles. The van der Waals surface area contributed by atoms with Crippen LogP contribution in [0.4, 0.5) is 5.82 Å². The summed E-state index contributed by atoms with van der Waals surface area (Å²) >= 11 is 2.24. The van der Waals surface area contributed by atoms with Crippen molar-refractivity contribution in [2.24, 2.45) is 0 Å². The molecule has 0 unspecified atom stereocenters. The van der Waals surface area contributed by atoms with Gasteiger partial charge in [0.2, 0.25) is 0 Å². The highest BCUT2D eigenvalue weighted by Gasteiger charge is 1.92. The number of hydrogen-bond acceptors (Lipinski definition) is 3. The Morgan fingerprint density at radius 2 is 2.45 bits per heavy atom. The minimum absolute atomic E-state index is 0.920. The lowest BCUT2D eigenvalue weighted by Crippen LogP contribution is -1.97. The van der Waals surface area contributed by atoms with Gasteiger partial charge in [-0.05, 0) is 19.1 Å². The summed E-state index contributed by atoms with van der Waals surface area (Å²) in [5.74, 6) is 0.946. The number of nitrogens with one attached hydrogen (secondary N) is 1. The van der Waals surface area contributed by atoms with Crippen LogP contribution in [-0.2, 0) is 0 Å². The quantitative estimate of drug-likeness (QED) is 0.862. The van der Waals surface area contributed by atoms with Gasteiger partial charge in [-0.15, -0.1) is 0 Å². The molecular weight excluding hydrogens is 271 g/mol. The largest absolute Gasteiger partial charge is 0.370 e. The van der Waals surface area contributed by atoms with Crippen molar-refractivity contribution in [3.8, 4) is 0 Å². The molecule has 0 aliphatic carbocycles. The van der Waals surface area contributed by atoms with Crippen molar-refractivity contribution < 1.29 is 0 Å². The zero-order chi connectivity index (χ0) is 8.10. The Bertz CT molecular complexity index is 212. The normalized spacial score (nSPS) is 9.64. The predicted octanol–water partition coefficient (Wildman–Crippen LogP) is 2.96. The van der Waals surface area contributed by atoms with Gasteiger partial charge in [-0.3, -0.25) is 0 Å². The highest BCUT2D eigenvalue weighted by Crippen LogP contribution is 2.24. The molecule has 11 heavy (non-hydrogen) atoms. The third-order valence-electron chi connectivity index (χ3n) is 1.18. The van der Waals surface area contributed by atoms with Crippen LogP contribution in [0, 0.1) is 0 Å². The molecule has 4 heteroatoms. The fraction of sp³-hybridized carbons (Fsp3) is 0.286. The summed E-state index contributed by atoms with van der Waals surface area (Å²) < 4.78 is 0. The summed E-state index contributed by atoms with van der Waals surface area (Å²) in [5, 5.41) is 3.14. The Labute approximate surface area is 82.8 Å². The lowest BCUT2D eigenvalue weighted by Gasteiger charge is -2.00. The number of anilines is 1. The maximum absolute atomic E-state index is 4.20. The zero-order valence-electron chi connectivity index (χ0n) is 6.17. The monoisotopic (exact) mass is 280 g/mol. The van der Waals surface area contributed by atoms with Gasteiger partial charge in [-0.2, -0.15) is 0 Å². The lowest BCUT2D eigenvalue weighted by atomic mass is 10.4. The molecule has 0 aliphatic heterocycles. The van der Waals surface area contributed by atoms with E-state index in [9.17, 15) is 0 Å². The third-order valence-corrected chi connectivity index (χ3v) is 3.13. The van der Waals surface area contributed by atoms with Crippen molar-refractivity contribution in [1.82, 2.24) is 4.98 Å². The van der Waals surface area contributed by atoms with Gasteiger partial charge >= 0.3 is 0 Å². The van der Waals surface area contributed by atoms with Crippen LogP contribution in [0.5, 0.6) is 0 Å². The molecule has 1 aromatic heterocycles. The molecule has 1 aromatic rings. The third kappa shape index (κ3) is 2.86. The summed E-state index contributed by atoms with van der Waals surface area (Å²) in [6.07, 6.45) is 1.87. The van der Waals surface area contributed by atoms with E-state index in [0.29, 0.717) is 0 Å². The second kappa shape index (κ2) is 4.82. The molecule has 0 fully saturated rings. The minimum atomic E-state index is 0.920. The second-order valence-electron chi connectivity index (χ2n) is 1.99. The Morgan fingerprint density at radius 1 is 1.64 bits per heavy atom. The maximum atomic E-state index is 4.20. The molecule has 0 saturated heterocycles. The Kier molecular flexibility index (Phi) is 3.99. The number of hydrogen-bond donors (Lipinski definition) is 1. The van der Waals surface area contributed by atoms with E-state index in [1.165, 1.54) is 4.90 Å². The average molecular weight is 280 g/mol. The van der Waals surface area contributed by atoms with Gasteiger partial charge in [-0.25, -0.2) is 4.98 Å². The van der Waals surface area contributed by atoms with Gasteiger partial charge in [0, 0.05) is 38.8 Å². The van der Waals surface area contributed by atoms with Crippen LogP contribution in [0.15, 0.2) is 23.2 Å². The van der Waals surface area contributed by atoms with Crippen molar-refractivity contribution in [3.63, 3.8) is 0 Å². The second-order valence-corrected chi connectivity index (χ2v) is 3.93. The lowest BCUT2D eigenvalue weighted by molar-refractivity contribution is 1.14. The summed E-state index contributed by atoms with van der Waals surface area (Å²) in [4.78, 5) is 5.39. The van der Waals surface area contributed by atoms with Crippen LogP contribution >= 0.6 is 30.1 Å². The van der Waals surface area contributed by atoms with E-state index in [1.807, 2.05) is 12.3 Å². The summed E-state index contributed by atoms with van der Waals surface area (Å²) in [5.41, 5.74) is 0. The highest BCUT2D eigenvalue weighted by atomic mass is 127. The molecule has 1 rings (SSSR count). The molecule has 0 bridgehead atoms. The van der Waals surface area contributed by atoms with Gasteiger partial charge in [0.05, 0.1) is 0 Å². The van der Waals surface area contributed by atoms with Crippen LogP contribution in [0.1, 0.15) is 6.92 Å².